The highest BCUT2D eigenvalue weighted by atomic mass is 32.2. The molecule has 146 valence electrons. The van der Waals surface area contributed by atoms with E-state index < -0.39 is 10.0 Å². The number of oxazole rings is 1. The number of rotatable bonds is 6. The zero-order valence-corrected chi connectivity index (χ0v) is 16.7. The lowest BCUT2D eigenvalue weighted by Crippen LogP contribution is -2.31. The largest absolute Gasteiger partial charge is 0.444 e. The molecule has 0 N–H and O–H groups in total. The maximum atomic E-state index is 13.4. The smallest absolute Gasteiger partial charge is 0.264 e. The average Bonchev–Trinajstić information content (AvgIpc) is 3.23. The Hall–Kier alpha value is -3.38. The summed E-state index contributed by atoms with van der Waals surface area (Å²) in [6.07, 6.45) is 1.51. The molecule has 1 heterocycles. The van der Waals surface area contributed by atoms with Gasteiger partial charge < -0.3 is 4.42 Å². The summed E-state index contributed by atoms with van der Waals surface area (Å²) in [5, 5.41) is 0. The van der Waals surface area contributed by atoms with E-state index in [1.807, 2.05) is 55.5 Å². The zero-order chi connectivity index (χ0) is 20.3. The Labute approximate surface area is 170 Å². The van der Waals surface area contributed by atoms with Crippen LogP contribution in [0, 0.1) is 6.92 Å². The average molecular weight is 404 g/mol. The van der Waals surface area contributed by atoms with E-state index in [1.165, 1.54) is 10.6 Å². The van der Waals surface area contributed by atoms with Crippen LogP contribution in [0.1, 0.15) is 11.3 Å². The van der Waals surface area contributed by atoms with Gasteiger partial charge in [0.05, 0.1) is 17.1 Å². The van der Waals surface area contributed by atoms with Crippen molar-refractivity contribution < 1.29 is 12.8 Å². The fraction of sp³-hybridized carbons (Fsp3) is 0.0870. The van der Waals surface area contributed by atoms with Crippen LogP contribution in [0.3, 0.4) is 0 Å². The zero-order valence-electron chi connectivity index (χ0n) is 15.9. The van der Waals surface area contributed by atoms with Gasteiger partial charge in [-0.2, -0.15) is 0 Å². The lowest BCUT2D eigenvalue weighted by Gasteiger charge is -2.25. The molecule has 0 saturated heterocycles. The molecule has 0 fully saturated rings. The first-order valence-corrected chi connectivity index (χ1v) is 10.6. The molecule has 0 saturated carbocycles. The van der Waals surface area contributed by atoms with Crippen LogP contribution in [-0.4, -0.2) is 13.4 Å². The van der Waals surface area contributed by atoms with Gasteiger partial charge in [-0.05, 0) is 42.8 Å². The van der Waals surface area contributed by atoms with Crippen LogP contribution in [0.2, 0.25) is 0 Å². The van der Waals surface area contributed by atoms with Gasteiger partial charge in [-0.1, -0.05) is 54.6 Å². The first-order chi connectivity index (χ1) is 14.1. The van der Waals surface area contributed by atoms with Gasteiger partial charge in [0.25, 0.3) is 10.0 Å². The molecule has 0 aliphatic rings. The summed E-state index contributed by atoms with van der Waals surface area (Å²) in [6, 6.07) is 25.3. The summed E-state index contributed by atoms with van der Waals surface area (Å²) in [6.45, 7) is 1.96. The van der Waals surface area contributed by atoms with E-state index in [4.69, 9.17) is 4.42 Å². The van der Waals surface area contributed by atoms with Crippen LogP contribution in [0.25, 0.3) is 11.5 Å². The molecule has 0 spiro atoms. The van der Waals surface area contributed by atoms with Crippen molar-refractivity contribution in [2.75, 3.05) is 4.31 Å². The Morgan fingerprint density at radius 3 is 2.17 bits per heavy atom. The maximum absolute atomic E-state index is 13.4. The molecule has 1 aromatic heterocycles. The number of aryl methyl sites for hydroxylation is 1. The Morgan fingerprint density at radius 1 is 0.862 bits per heavy atom. The van der Waals surface area contributed by atoms with Crippen molar-refractivity contribution in [3.8, 4) is 11.5 Å². The lowest BCUT2D eigenvalue weighted by molar-refractivity contribution is 0.572. The van der Waals surface area contributed by atoms with Crippen LogP contribution in [-0.2, 0) is 16.6 Å². The molecule has 0 aliphatic heterocycles. The SMILES string of the molecule is Cc1ccccc1N(Cc1coc(-c2ccccc2)n1)S(=O)(=O)c1ccccc1. The number of anilines is 1. The molecule has 5 nitrogen and oxygen atoms in total. The van der Waals surface area contributed by atoms with Gasteiger partial charge in [0.15, 0.2) is 0 Å². The standard InChI is InChI=1S/C23H20N2O3S/c1-18-10-8-9-15-22(18)25(29(26,27)21-13-6-3-7-14-21)16-20-17-28-23(24-20)19-11-4-2-5-12-19/h2-15,17H,16H2,1H3. The summed E-state index contributed by atoms with van der Waals surface area (Å²) in [7, 11) is -3.78. The van der Waals surface area contributed by atoms with Crippen molar-refractivity contribution in [2.24, 2.45) is 0 Å². The molecule has 3 aromatic carbocycles. The van der Waals surface area contributed by atoms with Crippen LogP contribution >= 0.6 is 0 Å². The second-order valence-corrected chi connectivity index (χ2v) is 8.48. The van der Waals surface area contributed by atoms with E-state index in [1.54, 1.807) is 36.4 Å². The van der Waals surface area contributed by atoms with Gasteiger partial charge in [-0.25, -0.2) is 13.4 Å². The van der Waals surface area contributed by atoms with Crippen molar-refractivity contribution in [2.45, 2.75) is 18.4 Å². The summed E-state index contributed by atoms with van der Waals surface area (Å²) < 4.78 is 33.9. The van der Waals surface area contributed by atoms with E-state index in [9.17, 15) is 8.42 Å². The third-order valence-electron chi connectivity index (χ3n) is 4.59. The second-order valence-electron chi connectivity index (χ2n) is 6.62. The van der Waals surface area contributed by atoms with Crippen molar-refractivity contribution in [3.05, 3.63) is 102 Å². The first kappa shape index (κ1) is 19.0. The number of nitrogens with zero attached hydrogens (tertiary/aromatic N) is 2. The van der Waals surface area contributed by atoms with E-state index in [0.717, 1.165) is 11.1 Å². The minimum atomic E-state index is -3.78. The molecule has 0 aliphatic carbocycles. The molecule has 0 radical (unpaired) electrons. The third-order valence-corrected chi connectivity index (χ3v) is 6.37. The van der Waals surface area contributed by atoms with Gasteiger partial charge in [-0.3, -0.25) is 4.31 Å². The Balaban J connectivity index is 1.74. The minimum absolute atomic E-state index is 0.0679. The Morgan fingerprint density at radius 2 is 1.48 bits per heavy atom. The van der Waals surface area contributed by atoms with Gasteiger partial charge >= 0.3 is 0 Å². The lowest BCUT2D eigenvalue weighted by atomic mass is 10.2. The number of hydrogen-bond donors (Lipinski definition) is 0. The van der Waals surface area contributed by atoms with Gasteiger partial charge in [0.1, 0.15) is 12.0 Å². The second kappa shape index (κ2) is 7.93. The van der Waals surface area contributed by atoms with Crippen molar-refractivity contribution in [1.29, 1.82) is 0 Å². The summed E-state index contributed by atoms with van der Waals surface area (Å²) in [5.41, 5.74) is 2.85. The van der Waals surface area contributed by atoms with Crippen LogP contribution in [0.15, 0.2) is 101 Å². The van der Waals surface area contributed by atoms with Gasteiger partial charge in [-0.15, -0.1) is 0 Å². The molecule has 4 aromatic rings. The highest BCUT2D eigenvalue weighted by Crippen LogP contribution is 2.29. The molecule has 6 heteroatoms. The number of hydrogen-bond acceptors (Lipinski definition) is 4. The number of para-hydroxylation sites is 1. The van der Waals surface area contributed by atoms with Crippen LogP contribution in [0.4, 0.5) is 5.69 Å². The fourth-order valence-electron chi connectivity index (χ4n) is 3.10. The van der Waals surface area contributed by atoms with Crippen LogP contribution < -0.4 is 4.31 Å². The summed E-state index contributed by atoms with van der Waals surface area (Å²) in [4.78, 5) is 4.74. The molecule has 0 amide bonds. The van der Waals surface area contributed by atoms with Gasteiger partial charge in [0.2, 0.25) is 5.89 Å². The quantitative estimate of drug-likeness (QED) is 0.451. The first-order valence-electron chi connectivity index (χ1n) is 9.19. The third kappa shape index (κ3) is 3.93. The number of sulfonamides is 1. The highest BCUT2D eigenvalue weighted by Gasteiger charge is 2.27. The fourth-order valence-corrected chi connectivity index (χ4v) is 4.62. The Bertz CT molecular complexity index is 1200. The minimum Gasteiger partial charge on any atom is -0.444 e. The molecule has 4 rings (SSSR count). The van der Waals surface area contributed by atoms with Gasteiger partial charge in [0, 0.05) is 5.56 Å². The number of benzene rings is 3. The molecule has 0 atom stereocenters. The molecule has 0 unspecified atom stereocenters. The van der Waals surface area contributed by atoms with E-state index in [2.05, 4.69) is 4.98 Å². The van der Waals surface area contributed by atoms with E-state index >= 15 is 0 Å². The predicted molar refractivity (Wildman–Crippen MR) is 113 cm³/mol. The normalized spacial score (nSPS) is 11.3. The highest BCUT2D eigenvalue weighted by molar-refractivity contribution is 7.92. The maximum Gasteiger partial charge on any atom is 0.264 e. The molecule has 0 bridgehead atoms. The monoisotopic (exact) mass is 404 g/mol. The molecule has 29 heavy (non-hydrogen) atoms. The topological polar surface area (TPSA) is 63.4 Å². The Kier molecular flexibility index (Phi) is 5.18. The van der Waals surface area contributed by atoms with E-state index in [0.29, 0.717) is 17.3 Å². The van der Waals surface area contributed by atoms with Crippen LogP contribution in [0.5, 0.6) is 0 Å². The molecular weight excluding hydrogens is 384 g/mol. The van der Waals surface area contributed by atoms with Crippen molar-refractivity contribution in [3.63, 3.8) is 0 Å². The summed E-state index contributed by atoms with van der Waals surface area (Å²) in [5.74, 6) is 0.461. The predicted octanol–water partition coefficient (Wildman–Crippen LogP) is 5.05. The number of aromatic nitrogens is 1. The van der Waals surface area contributed by atoms with Crippen molar-refractivity contribution >= 4 is 15.7 Å². The van der Waals surface area contributed by atoms with Crippen molar-refractivity contribution in [1.82, 2.24) is 4.98 Å². The van der Waals surface area contributed by atoms with E-state index in [-0.39, 0.29) is 11.4 Å². The summed E-state index contributed by atoms with van der Waals surface area (Å²) >= 11 is 0. The molecular formula is C23H20N2O3S.